The molecule has 0 aliphatic carbocycles. The first-order valence-electron chi connectivity index (χ1n) is 7.69. The van der Waals surface area contributed by atoms with E-state index in [4.69, 9.17) is 11.6 Å². The molecule has 1 heterocycles. The Balaban J connectivity index is 0.00000242. The molecule has 0 saturated carbocycles. The average molecular weight is 345 g/mol. The number of halogens is 2. The number of hydrogen-bond donors (Lipinski definition) is 1. The van der Waals surface area contributed by atoms with Crippen molar-refractivity contribution in [2.45, 2.75) is 39.7 Å². The van der Waals surface area contributed by atoms with Gasteiger partial charge in [0.2, 0.25) is 5.91 Å². The largest absolute Gasteiger partial charge is 0.333 e. The predicted octanol–water partition coefficient (Wildman–Crippen LogP) is 4.06. The molecule has 1 aromatic rings. The van der Waals surface area contributed by atoms with Crippen molar-refractivity contribution in [3.05, 3.63) is 34.9 Å². The second-order valence-corrected chi connectivity index (χ2v) is 6.93. The van der Waals surface area contributed by atoms with Gasteiger partial charge in [0.25, 0.3) is 0 Å². The fourth-order valence-electron chi connectivity index (χ4n) is 2.66. The Labute approximate surface area is 144 Å². The van der Waals surface area contributed by atoms with E-state index >= 15 is 0 Å². The fourth-order valence-corrected chi connectivity index (χ4v) is 2.92. The SMILES string of the molecule is CCC(C)(C)CC(=O)N1CCNCC1c1ccccc1Cl.Cl. The number of hydrogen-bond acceptors (Lipinski definition) is 2. The minimum Gasteiger partial charge on any atom is -0.333 e. The summed E-state index contributed by atoms with van der Waals surface area (Å²) in [4.78, 5) is 14.7. The monoisotopic (exact) mass is 344 g/mol. The van der Waals surface area contributed by atoms with E-state index in [0.717, 1.165) is 36.6 Å². The van der Waals surface area contributed by atoms with Crippen molar-refractivity contribution in [1.82, 2.24) is 10.2 Å². The van der Waals surface area contributed by atoms with Crippen LogP contribution in [0.25, 0.3) is 0 Å². The van der Waals surface area contributed by atoms with E-state index in [-0.39, 0.29) is 29.8 Å². The lowest BCUT2D eigenvalue weighted by atomic mass is 9.85. The maximum Gasteiger partial charge on any atom is 0.223 e. The maximum absolute atomic E-state index is 12.7. The summed E-state index contributed by atoms with van der Waals surface area (Å²) in [5.41, 5.74) is 1.08. The number of amides is 1. The van der Waals surface area contributed by atoms with Crippen molar-refractivity contribution < 1.29 is 4.79 Å². The number of piperazine rings is 1. The van der Waals surface area contributed by atoms with Gasteiger partial charge in [-0.15, -0.1) is 12.4 Å². The Bertz CT molecular complexity index is 505. The molecule has 0 aromatic heterocycles. The van der Waals surface area contributed by atoms with Crippen molar-refractivity contribution in [1.29, 1.82) is 0 Å². The first-order valence-corrected chi connectivity index (χ1v) is 8.07. The van der Waals surface area contributed by atoms with E-state index in [2.05, 4.69) is 26.1 Å². The zero-order valence-electron chi connectivity index (χ0n) is 13.6. The van der Waals surface area contributed by atoms with Gasteiger partial charge in [0, 0.05) is 31.1 Å². The first kappa shape index (κ1) is 19.3. The van der Waals surface area contributed by atoms with Gasteiger partial charge in [-0.2, -0.15) is 0 Å². The zero-order valence-corrected chi connectivity index (χ0v) is 15.1. The molecule has 1 unspecified atom stereocenters. The van der Waals surface area contributed by atoms with Crippen LogP contribution in [0.3, 0.4) is 0 Å². The molecule has 0 radical (unpaired) electrons. The zero-order chi connectivity index (χ0) is 15.5. The maximum atomic E-state index is 12.7. The molecule has 1 aliphatic heterocycles. The molecular formula is C17H26Cl2N2O. The van der Waals surface area contributed by atoms with Gasteiger partial charge in [0.05, 0.1) is 6.04 Å². The lowest BCUT2D eigenvalue weighted by molar-refractivity contribution is -0.136. The Morgan fingerprint density at radius 1 is 1.41 bits per heavy atom. The van der Waals surface area contributed by atoms with Crippen molar-refractivity contribution in [2.24, 2.45) is 5.41 Å². The normalized spacial score (nSPS) is 18.7. The topological polar surface area (TPSA) is 32.3 Å². The summed E-state index contributed by atoms with van der Waals surface area (Å²) in [7, 11) is 0. The fraction of sp³-hybridized carbons (Fsp3) is 0.588. The molecule has 1 fully saturated rings. The molecule has 0 bridgehead atoms. The smallest absolute Gasteiger partial charge is 0.223 e. The van der Waals surface area contributed by atoms with Crippen LogP contribution in [0.4, 0.5) is 0 Å². The lowest BCUT2D eigenvalue weighted by Gasteiger charge is -2.38. The van der Waals surface area contributed by atoms with Crippen molar-refractivity contribution >= 4 is 29.9 Å². The summed E-state index contributed by atoms with van der Waals surface area (Å²) in [5, 5.41) is 4.10. The summed E-state index contributed by atoms with van der Waals surface area (Å²) >= 11 is 6.32. The van der Waals surface area contributed by atoms with E-state index < -0.39 is 0 Å². The number of carbonyl (C=O) groups excluding carboxylic acids is 1. The third-order valence-corrected chi connectivity index (χ3v) is 4.76. The van der Waals surface area contributed by atoms with Crippen LogP contribution in [0.1, 0.15) is 45.2 Å². The second kappa shape index (κ2) is 8.19. The summed E-state index contributed by atoms with van der Waals surface area (Å²) < 4.78 is 0. The average Bonchev–Trinajstić information content (AvgIpc) is 2.47. The van der Waals surface area contributed by atoms with Gasteiger partial charge in [0.1, 0.15) is 0 Å². The van der Waals surface area contributed by atoms with Crippen molar-refractivity contribution in [3.63, 3.8) is 0 Å². The number of carbonyl (C=O) groups is 1. The number of rotatable bonds is 4. The standard InChI is InChI=1S/C17H25ClN2O.ClH/c1-4-17(2,3)11-16(21)20-10-9-19-12-15(20)13-7-5-6-8-14(13)18;/h5-8,15,19H,4,9-12H2,1-3H3;1H. The Morgan fingerprint density at radius 2 is 2.09 bits per heavy atom. The second-order valence-electron chi connectivity index (χ2n) is 6.52. The minimum atomic E-state index is 0. The van der Waals surface area contributed by atoms with Gasteiger partial charge in [-0.1, -0.05) is 57.0 Å². The van der Waals surface area contributed by atoms with E-state index in [1.165, 1.54) is 0 Å². The molecule has 1 atom stereocenters. The van der Waals surface area contributed by atoms with E-state index in [9.17, 15) is 4.79 Å². The highest BCUT2D eigenvalue weighted by molar-refractivity contribution is 6.31. The van der Waals surface area contributed by atoms with Gasteiger partial charge < -0.3 is 10.2 Å². The molecule has 124 valence electrons. The molecule has 1 aliphatic rings. The Kier molecular flexibility index (Phi) is 7.17. The summed E-state index contributed by atoms with van der Waals surface area (Å²) in [6, 6.07) is 7.85. The molecule has 2 rings (SSSR count). The van der Waals surface area contributed by atoms with Crippen LogP contribution < -0.4 is 5.32 Å². The van der Waals surface area contributed by atoms with Gasteiger partial charge in [-0.05, 0) is 17.0 Å². The highest BCUT2D eigenvalue weighted by atomic mass is 35.5. The van der Waals surface area contributed by atoms with Gasteiger partial charge in [-0.25, -0.2) is 0 Å². The minimum absolute atomic E-state index is 0. The molecule has 0 spiro atoms. The first-order chi connectivity index (χ1) is 9.94. The summed E-state index contributed by atoms with van der Waals surface area (Å²) in [6.07, 6.45) is 1.59. The van der Waals surface area contributed by atoms with Crippen LogP contribution in [0.15, 0.2) is 24.3 Å². The molecule has 22 heavy (non-hydrogen) atoms. The molecule has 1 aromatic carbocycles. The molecule has 3 nitrogen and oxygen atoms in total. The lowest BCUT2D eigenvalue weighted by Crippen LogP contribution is -2.49. The molecule has 1 saturated heterocycles. The highest BCUT2D eigenvalue weighted by Crippen LogP contribution is 2.32. The van der Waals surface area contributed by atoms with Gasteiger partial charge in [0.15, 0.2) is 0 Å². The van der Waals surface area contributed by atoms with Crippen LogP contribution in [0, 0.1) is 5.41 Å². The molecule has 1 amide bonds. The van der Waals surface area contributed by atoms with Gasteiger partial charge >= 0.3 is 0 Å². The molecule has 5 heteroatoms. The van der Waals surface area contributed by atoms with Crippen molar-refractivity contribution in [3.8, 4) is 0 Å². The number of nitrogens with zero attached hydrogens (tertiary/aromatic N) is 1. The van der Waals surface area contributed by atoms with Crippen LogP contribution in [-0.2, 0) is 4.79 Å². The van der Waals surface area contributed by atoms with E-state index in [1.54, 1.807) is 0 Å². The van der Waals surface area contributed by atoms with Gasteiger partial charge in [-0.3, -0.25) is 4.79 Å². The summed E-state index contributed by atoms with van der Waals surface area (Å²) in [6.45, 7) is 8.79. The number of benzene rings is 1. The Morgan fingerprint density at radius 3 is 2.73 bits per heavy atom. The molecule has 1 N–H and O–H groups in total. The Hall–Kier alpha value is -0.770. The van der Waals surface area contributed by atoms with Crippen LogP contribution in [0.2, 0.25) is 5.02 Å². The third kappa shape index (κ3) is 4.61. The third-order valence-electron chi connectivity index (χ3n) is 4.41. The van der Waals surface area contributed by atoms with Crippen LogP contribution in [0.5, 0.6) is 0 Å². The summed E-state index contributed by atoms with van der Waals surface area (Å²) in [5.74, 6) is 0.230. The molecular weight excluding hydrogens is 319 g/mol. The quantitative estimate of drug-likeness (QED) is 0.892. The van der Waals surface area contributed by atoms with Crippen LogP contribution in [-0.4, -0.2) is 30.4 Å². The predicted molar refractivity (Wildman–Crippen MR) is 94.7 cm³/mol. The van der Waals surface area contributed by atoms with Crippen LogP contribution >= 0.6 is 24.0 Å². The van der Waals surface area contributed by atoms with E-state index in [0.29, 0.717) is 6.42 Å². The highest BCUT2D eigenvalue weighted by Gasteiger charge is 2.31. The number of nitrogens with one attached hydrogen (secondary N) is 1. The van der Waals surface area contributed by atoms with E-state index in [1.807, 2.05) is 29.2 Å². The van der Waals surface area contributed by atoms with Crippen molar-refractivity contribution in [2.75, 3.05) is 19.6 Å².